The van der Waals surface area contributed by atoms with Gasteiger partial charge in [0.25, 0.3) is 0 Å². The van der Waals surface area contributed by atoms with Crippen LogP contribution in [0.25, 0.3) is 0 Å². The summed E-state index contributed by atoms with van der Waals surface area (Å²) in [4.78, 5) is 4.52. The van der Waals surface area contributed by atoms with Gasteiger partial charge in [-0.1, -0.05) is 51.8 Å². The highest BCUT2D eigenvalue weighted by Gasteiger charge is 2.24. The SMILES string of the molecule is CCC.CC[C@@H]1CSc2cc(O)c(SC)cc2N(c2ccccc2)C1. The Morgan fingerprint density at radius 1 is 1.16 bits per heavy atom. The number of para-hydroxylation sites is 1. The average Bonchev–Trinajstić information content (AvgIpc) is 2.81. The van der Waals surface area contributed by atoms with Gasteiger partial charge in [-0.3, -0.25) is 0 Å². The predicted octanol–water partition coefficient (Wildman–Crippen LogP) is 6.80. The minimum Gasteiger partial charge on any atom is -0.507 e. The van der Waals surface area contributed by atoms with Crippen LogP contribution in [0.1, 0.15) is 33.6 Å². The Morgan fingerprint density at radius 3 is 2.44 bits per heavy atom. The number of rotatable bonds is 3. The molecule has 2 aromatic carbocycles. The molecule has 3 rings (SSSR count). The molecule has 0 radical (unpaired) electrons. The summed E-state index contributed by atoms with van der Waals surface area (Å²) in [5.41, 5.74) is 2.44. The number of benzene rings is 2. The van der Waals surface area contributed by atoms with Gasteiger partial charge in [0, 0.05) is 22.9 Å². The first kappa shape index (κ1) is 20.1. The monoisotopic (exact) mass is 375 g/mol. The third-order valence-corrected chi connectivity index (χ3v) is 6.15. The molecule has 0 amide bonds. The van der Waals surface area contributed by atoms with Crippen LogP contribution in [0.4, 0.5) is 11.4 Å². The molecule has 0 aromatic heterocycles. The Bertz CT molecular complexity index is 660. The van der Waals surface area contributed by atoms with Crippen LogP contribution in [0.2, 0.25) is 0 Å². The molecule has 2 nitrogen and oxygen atoms in total. The van der Waals surface area contributed by atoms with E-state index >= 15 is 0 Å². The molecule has 1 atom stereocenters. The lowest BCUT2D eigenvalue weighted by atomic mass is 10.1. The molecular formula is C21H29NOS2. The summed E-state index contributed by atoms with van der Waals surface area (Å²) < 4.78 is 0. The third-order valence-electron chi connectivity index (χ3n) is 4.11. The van der Waals surface area contributed by atoms with E-state index in [-0.39, 0.29) is 0 Å². The van der Waals surface area contributed by atoms with Gasteiger partial charge in [-0.2, -0.15) is 0 Å². The van der Waals surface area contributed by atoms with Crippen molar-refractivity contribution in [3.8, 4) is 5.75 Å². The number of anilines is 2. The van der Waals surface area contributed by atoms with Crippen molar-refractivity contribution in [2.24, 2.45) is 5.92 Å². The van der Waals surface area contributed by atoms with E-state index in [1.807, 2.05) is 24.1 Å². The number of nitrogens with zero attached hydrogens (tertiary/aromatic N) is 1. The van der Waals surface area contributed by atoms with E-state index in [0.717, 1.165) is 17.2 Å². The largest absolute Gasteiger partial charge is 0.507 e. The minimum absolute atomic E-state index is 0.390. The number of thioether (sulfide) groups is 2. The molecule has 25 heavy (non-hydrogen) atoms. The third kappa shape index (κ3) is 5.11. The van der Waals surface area contributed by atoms with Gasteiger partial charge < -0.3 is 10.0 Å². The predicted molar refractivity (Wildman–Crippen MR) is 114 cm³/mol. The van der Waals surface area contributed by atoms with Crippen molar-refractivity contribution in [1.29, 1.82) is 0 Å². The van der Waals surface area contributed by atoms with Crippen LogP contribution in [-0.4, -0.2) is 23.7 Å². The summed E-state index contributed by atoms with van der Waals surface area (Å²) in [5.74, 6) is 2.14. The average molecular weight is 376 g/mol. The second-order valence-corrected chi connectivity index (χ2v) is 8.14. The van der Waals surface area contributed by atoms with Crippen LogP contribution in [0.3, 0.4) is 0 Å². The minimum atomic E-state index is 0.390. The molecule has 1 aliphatic rings. The van der Waals surface area contributed by atoms with E-state index in [0.29, 0.717) is 11.7 Å². The lowest BCUT2D eigenvalue weighted by molar-refractivity contribution is 0.461. The van der Waals surface area contributed by atoms with Gasteiger partial charge in [0.1, 0.15) is 5.75 Å². The van der Waals surface area contributed by atoms with Crippen LogP contribution in [0.5, 0.6) is 5.75 Å². The van der Waals surface area contributed by atoms with Gasteiger partial charge in [0.05, 0.1) is 10.6 Å². The van der Waals surface area contributed by atoms with Gasteiger partial charge in [-0.15, -0.1) is 23.5 Å². The molecule has 0 unspecified atom stereocenters. The fourth-order valence-electron chi connectivity index (χ4n) is 2.74. The van der Waals surface area contributed by atoms with Crippen LogP contribution in [0.15, 0.2) is 52.3 Å². The molecule has 0 saturated carbocycles. The maximum absolute atomic E-state index is 10.2. The summed E-state index contributed by atoms with van der Waals surface area (Å²) in [7, 11) is 0. The highest BCUT2D eigenvalue weighted by Crippen LogP contribution is 2.44. The van der Waals surface area contributed by atoms with Crippen molar-refractivity contribution >= 4 is 34.9 Å². The lowest BCUT2D eigenvalue weighted by Gasteiger charge is -2.27. The second kappa shape index (κ2) is 10.0. The zero-order valence-corrected chi connectivity index (χ0v) is 17.3. The zero-order chi connectivity index (χ0) is 18.2. The van der Waals surface area contributed by atoms with Gasteiger partial charge >= 0.3 is 0 Å². The Balaban J connectivity index is 0.000000701. The van der Waals surface area contributed by atoms with E-state index in [9.17, 15) is 5.11 Å². The summed E-state index contributed by atoms with van der Waals surface area (Å²) in [6.45, 7) is 7.54. The van der Waals surface area contributed by atoms with E-state index < -0.39 is 0 Å². The van der Waals surface area contributed by atoms with Crippen molar-refractivity contribution in [1.82, 2.24) is 0 Å². The van der Waals surface area contributed by atoms with Gasteiger partial charge in [0.15, 0.2) is 0 Å². The molecule has 1 aliphatic heterocycles. The standard InChI is InChI=1S/C18H21NOS2.C3H8/c1-3-13-11-19(14-7-5-4-6-8-14)15-9-18(21-2)16(20)10-17(15)22-12-13;1-3-2/h4-10,13,20H,3,11-12H2,1-2H3;3H2,1-2H3/t13-;/m0./s1. The van der Waals surface area contributed by atoms with Gasteiger partial charge in [-0.25, -0.2) is 0 Å². The zero-order valence-electron chi connectivity index (χ0n) is 15.7. The second-order valence-electron chi connectivity index (χ2n) is 6.23. The smallest absolute Gasteiger partial charge is 0.130 e. The maximum Gasteiger partial charge on any atom is 0.130 e. The Labute approximate surface area is 161 Å². The number of phenolic OH excluding ortho intramolecular Hbond substituents is 1. The molecule has 4 heteroatoms. The van der Waals surface area contributed by atoms with Crippen LogP contribution >= 0.6 is 23.5 Å². The first-order valence-corrected chi connectivity index (χ1v) is 11.2. The number of fused-ring (bicyclic) bond motifs is 1. The highest BCUT2D eigenvalue weighted by atomic mass is 32.2. The Kier molecular flexibility index (Phi) is 8.04. The lowest BCUT2D eigenvalue weighted by Crippen LogP contribution is -2.24. The molecule has 136 valence electrons. The molecule has 1 heterocycles. The van der Waals surface area contributed by atoms with Crippen LogP contribution in [0, 0.1) is 5.92 Å². The summed E-state index contributed by atoms with van der Waals surface area (Å²) in [6, 6.07) is 14.6. The van der Waals surface area contributed by atoms with E-state index in [4.69, 9.17) is 0 Å². The maximum atomic E-state index is 10.2. The summed E-state index contributed by atoms with van der Waals surface area (Å²) >= 11 is 3.46. The molecule has 0 spiro atoms. The number of phenols is 1. The molecule has 2 aromatic rings. The first-order valence-electron chi connectivity index (χ1n) is 9.00. The summed E-state index contributed by atoms with van der Waals surface area (Å²) in [6.07, 6.45) is 4.43. The number of hydrogen-bond acceptors (Lipinski definition) is 4. The molecular weight excluding hydrogens is 346 g/mol. The molecule has 0 saturated heterocycles. The van der Waals surface area contributed by atoms with E-state index in [1.165, 1.54) is 29.1 Å². The highest BCUT2D eigenvalue weighted by molar-refractivity contribution is 7.99. The topological polar surface area (TPSA) is 23.5 Å². The van der Waals surface area contributed by atoms with Crippen molar-refractivity contribution < 1.29 is 5.11 Å². The molecule has 0 aliphatic carbocycles. The van der Waals surface area contributed by atoms with Crippen molar-refractivity contribution in [2.45, 2.75) is 43.4 Å². The fourth-order valence-corrected chi connectivity index (χ4v) is 4.51. The Morgan fingerprint density at radius 2 is 1.84 bits per heavy atom. The number of aromatic hydroxyl groups is 1. The van der Waals surface area contributed by atoms with Crippen molar-refractivity contribution in [2.75, 3.05) is 23.5 Å². The van der Waals surface area contributed by atoms with Crippen molar-refractivity contribution in [3.63, 3.8) is 0 Å². The normalized spacial score (nSPS) is 16.5. The fraction of sp³-hybridized carbons (Fsp3) is 0.429. The van der Waals surface area contributed by atoms with Crippen molar-refractivity contribution in [3.05, 3.63) is 42.5 Å². The molecule has 0 bridgehead atoms. The first-order chi connectivity index (χ1) is 12.1. The van der Waals surface area contributed by atoms with E-state index in [2.05, 4.69) is 62.1 Å². The molecule has 1 N–H and O–H groups in total. The Hall–Kier alpha value is -1.26. The van der Waals surface area contributed by atoms with Crippen LogP contribution < -0.4 is 4.90 Å². The molecule has 0 fully saturated rings. The number of hydrogen-bond donors (Lipinski definition) is 1. The van der Waals surface area contributed by atoms with E-state index in [1.54, 1.807) is 11.8 Å². The quantitative estimate of drug-likeness (QED) is 0.596. The van der Waals surface area contributed by atoms with Gasteiger partial charge in [-0.05, 0) is 36.4 Å². The summed E-state index contributed by atoms with van der Waals surface area (Å²) in [5, 5.41) is 10.2. The van der Waals surface area contributed by atoms with Gasteiger partial charge in [0.2, 0.25) is 0 Å². The van der Waals surface area contributed by atoms with Crippen LogP contribution in [-0.2, 0) is 0 Å².